The molecule has 0 fully saturated rings. The molecule has 0 radical (unpaired) electrons. The average molecular weight is 320 g/mol. The number of nitrogens with zero attached hydrogens (tertiary/aromatic N) is 1. The molecule has 0 aliphatic heterocycles. The van der Waals surface area contributed by atoms with Crippen molar-refractivity contribution in [3.63, 3.8) is 0 Å². The summed E-state index contributed by atoms with van der Waals surface area (Å²) in [7, 11) is 0. The molecule has 23 heavy (non-hydrogen) atoms. The number of benzene rings is 1. The number of hydrogen-bond donors (Lipinski definition) is 1. The molecule has 0 aliphatic carbocycles. The molecule has 0 unspecified atom stereocenters. The third kappa shape index (κ3) is 8.60. The summed E-state index contributed by atoms with van der Waals surface area (Å²) >= 11 is 0. The molecule has 1 aromatic carbocycles. The highest BCUT2D eigenvalue weighted by molar-refractivity contribution is 5.92. The highest BCUT2D eigenvalue weighted by Crippen LogP contribution is 2.12. The topological polar surface area (TPSA) is 55.6 Å². The summed E-state index contributed by atoms with van der Waals surface area (Å²) in [6.07, 6.45) is 7.61. The first-order chi connectivity index (χ1) is 11.2. The van der Waals surface area contributed by atoms with Gasteiger partial charge in [-0.25, -0.2) is 0 Å². The molecule has 0 saturated heterocycles. The maximum absolute atomic E-state index is 11.0. The van der Waals surface area contributed by atoms with E-state index in [4.69, 9.17) is 10.5 Å². The number of unbranched alkanes of at least 4 members (excludes halogenated alkanes) is 4. The van der Waals surface area contributed by atoms with Crippen molar-refractivity contribution in [2.75, 3.05) is 26.2 Å². The summed E-state index contributed by atoms with van der Waals surface area (Å²) in [6.45, 7) is 8.41. The fourth-order valence-corrected chi connectivity index (χ4v) is 2.51. The highest BCUT2D eigenvalue weighted by atomic mass is 16.5. The van der Waals surface area contributed by atoms with E-state index >= 15 is 0 Å². The van der Waals surface area contributed by atoms with Crippen LogP contribution in [-0.2, 0) is 0 Å². The van der Waals surface area contributed by atoms with Gasteiger partial charge < -0.3 is 10.5 Å². The molecule has 1 amide bonds. The van der Waals surface area contributed by atoms with Crippen LogP contribution in [0.4, 0.5) is 0 Å². The van der Waals surface area contributed by atoms with E-state index in [2.05, 4.69) is 18.7 Å². The van der Waals surface area contributed by atoms with Gasteiger partial charge in [0.2, 0.25) is 5.91 Å². The first-order valence-electron chi connectivity index (χ1n) is 8.92. The van der Waals surface area contributed by atoms with Gasteiger partial charge in [0, 0.05) is 12.1 Å². The Morgan fingerprint density at radius 2 is 1.52 bits per heavy atom. The predicted octanol–water partition coefficient (Wildman–Crippen LogP) is 3.85. The molecule has 0 aromatic heterocycles. The fraction of sp³-hybridized carbons (Fsp3) is 0.632. The Balaban J connectivity index is 2.35. The van der Waals surface area contributed by atoms with Crippen LogP contribution in [0.15, 0.2) is 24.3 Å². The van der Waals surface area contributed by atoms with Gasteiger partial charge in [0.05, 0.1) is 0 Å². The number of nitrogens with two attached hydrogens (primary N) is 1. The maximum Gasteiger partial charge on any atom is 0.248 e. The van der Waals surface area contributed by atoms with Crippen molar-refractivity contribution < 1.29 is 9.53 Å². The first kappa shape index (κ1) is 19.5. The Morgan fingerprint density at radius 3 is 2.00 bits per heavy atom. The number of ether oxygens (including phenoxy) is 1. The Labute approximate surface area is 141 Å². The monoisotopic (exact) mass is 320 g/mol. The van der Waals surface area contributed by atoms with Gasteiger partial charge in [0.1, 0.15) is 12.4 Å². The maximum atomic E-state index is 11.0. The van der Waals surface area contributed by atoms with E-state index in [1.54, 1.807) is 24.3 Å². The van der Waals surface area contributed by atoms with Crippen LogP contribution in [0.25, 0.3) is 0 Å². The molecular formula is C19H32N2O2. The lowest BCUT2D eigenvalue weighted by molar-refractivity contribution is 0.1000. The minimum atomic E-state index is -0.408. The lowest BCUT2D eigenvalue weighted by Crippen LogP contribution is -2.30. The summed E-state index contributed by atoms with van der Waals surface area (Å²) in [5, 5.41) is 0. The van der Waals surface area contributed by atoms with Gasteiger partial charge in [-0.05, 0) is 50.2 Å². The van der Waals surface area contributed by atoms with E-state index in [-0.39, 0.29) is 0 Å². The van der Waals surface area contributed by atoms with Crippen LogP contribution in [0, 0.1) is 0 Å². The predicted molar refractivity (Wildman–Crippen MR) is 95.9 cm³/mol. The number of carbonyl (C=O) groups is 1. The van der Waals surface area contributed by atoms with Gasteiger partial charge in [-0.1, -0.05) is 39.5 Å². The second-order valence-electron chi connectivity index (χ2n) is 5.99. The molecule has 0 aliphatic rings. The van der Waals surface area contributed by atoms with Crippen LogP contribution in [0.3, 0.4) is 0 Å². The molecule has 0 bridgehead atoms. The van der Waals surface area contributed by atoms with Crippen LogP contribution in [0.5, 0.6) is 5.75 Å². The van der Waals surface area contributed by atoms with Gasteiger partial charge in [0.25, 0.3) is 0 Å². The lowest BCUT2D eigenvalue weighted by atomic mass is 10.2. The Bertz CT molecular complexity index is 422. The molecule has 0 heterocycles. The van der Waals surface area contributed by atoms with Gasteiger partial charge >= 0.3 is 0 Å². The van der Waals surface area contributed by atoms with Crippen molar-refractivity contribution in [2.45, 2.75) is 52.4 Å². The summed E-state index contributed by atoms with van der Waals surface area (Å²) in [5.41, 5.74) is 5.75. The largest absolute Gasteiger partial charge is 0.492 e. The fourth-order valence-electron chi connectivity index (χ4n) is 2.51. The molecule has 0 spiro atoms. The highest BCUT2D eigenvalue weighted by Gasteiger charge is 2.05. The number of primary amides is 1. The van der Waals surface area contributed by atoms with Gasteiger partial charge in [-0.15, -0.1) is 0 Å². The van der Waals surface area contributed by atoms with Crippen LogP contribution in [0.1, 0.15) is 62.7 Å². The molecular weight excluding hydrogens is 288 g/mol. The molecule has 0 atom stereocenters. The summed E-state index contributed by atoms with van der Waals surface area (Å²) < 4.78 is 5.79. The van der Waals surface area contributed by atoms with E-state index in [1.165, 1.54) is 38.5 Å². The number of carbonyl (C=O) groups excluding carboxylic acids is 1. The van der Waals surface area contributed by atoms with Gasteiger partial charge in [0.15, 0.2) is 0 Å². The van der Waals surface area contributed by atoms with Gasteiger partial charge in [-0.2, -0.15) is 0 Å². The normalized spacial score (nSPS) is 10.9. The van der Waals surface area contributed by atoms with Crippen LogP contribution < -0.4 is 10.5 Å². The molecule has 1 aromatic rings. The molecule has 130 valence electrons. The summed E-state index contributed by atoms with van der Waals surface area (Å²) in [5.74, 6) is 0.381. The molecule has 2 N–H and O–H groups in total. The number of rotatable bonds is 13. The standard InChI is InChI=1S/C19H32N2O2/c1-3-5-7-13-21(14-8-6-4-2)15-16-23-18-11-9-17(10-12-18)19(20)22/h9-12H,3-8,13-16H2,1-2H3,(H2,20,22). The number of hydrogen-bond acceptors (Lipinski definition) is 3. The Morgan fingerprint density at radius 1 is 0.957 bits per heavy atom. The lowest BCUT2D eigenvalue weighted by Gasteiger charge is -2.22. The average Bonchev–Trinajstić information content (AvgIpc) is 2.55. The molecule has 4 nitrogen and oxygen atoms in total. The summed E-state index contributed by atoms with van der Waals surface area (Å²) in [6, 6.07) is 7.02. The van der Waals surface area contributed by atoms with E-state index in [9.17, 15) is 4.79 Å². The third-order valence-electron chi connectivity index (χ3n) is 3.97. The van der Waals surface area contributed by atoms with E-state index in [0.29, 0.717) is 12.2 Å². The van der Waals surface area contributed by atoms with Crippen molar-refractivity contribution in [3.8, 4) is 5.75 Å². The van der Waals surface area contributed by atoms with Crippen LogP contribution in [0.2, 0.25) is 0 Å². The van der Waals surface area contributed by atoms with Crippen LogP contribution >= 0.6 is 0 Å². The van der Waals surface area contributed by atoms with Gasteiger partial charge in [-0.3, -0.25) is 9.69 Å². The van der Waals surface area contributed by atoms with E-state index in [1.807, 2.05) is 0 Å². The van der Waals surface area contributed by atoms with E-state index < -0.39 is 5.91 Å². The summed E-state index contributed by atoms with van der Waals surface area (Å²) in [4.78, 5) is 13.5. The van der Waals surface area contributed by atoms with Crippen LogP contribution in [-0.4, -0.2) is 37.0 Å². The zero-order valence-electron chi connectivity index (χ0n) is 14.7. The zero-order chi connectivity index (χ0) is 16.9. The van der Waals surface area contributed by atoms with Crippen molar-refractivity contribution in [2.24, 2.45) is 5.73 Å². The van der Waals surface area contributed by atoms with Crippen molar-refractivity contribution >= 4 is 5.91 Å². The number of amides is 1. The smallest absolute Gasteiger partial charge is 0.248 e. The molecule has 0 saturated carbocycles. The van der Waals surface area contributed by atoms with Crippen molar-refractivity contribution in [3.05, 3.63) is 29.8 Å². The SMILES string of the molecule is CCCCCN(CCCCC)CCOc1ccc(C(N)=O)cc1. The third-order valence-corrected chi connectivity index (χ3v) is 3.97. The quantitative estimate of drug-likeness (QED) is 0.562. The van der Waals surface area contributed by atoms with E-state index in [0.717, 1.165) is 25.4 Å². The van der Waals surface area contributed by atoms with Crippen molar-refractivity contribution in [1.82, 2.24) is 4.90 Å². The minimum absolute atomic E-state index is 0.408. The zero-order valence-corrected chi connectivity index (χ0v) is 14.7. The Kier molecular flexibility index (Phi) is 10.1. The second kappa shape index (κ2) is 11.9. The van der Waals surface area contributed by atoms with Crippen molar-refractivity contribution in [1.29, 1.82) is 0 Å². The second-order valence-corrected chi connectivity index (χ2v) is 5.99. The molecule has 1 rings (SSSR count). The first-order valence-corrected chi connectivity index (χ1v) is 8.92. The minimum Gasteiger partial charge on any atom is -0.492 e. The Hall–Kier alpha value is -1.55. The molecule has 4 heteroatoms.